The average Bonchev–Trinajstić information content (AvgIpc) is 2.82. The molecule has 0 atom stereocenters. The molecule has 0 spiro atoms. The maximum Gasteiger partial charge on any atom is 0.498 e. The van der Waals surface area contributed by atoms with Gasteiger partial charge in [0.05, 0.1) is 12.6 Å². The number of hydrogen-bond acceptors (Lipinski definition) is 4. The van der Waals surface area contributed by atoms with Gasteiger partial charge in [0.1, 0.15) is 18.1 Å². The zero-order chi connectivity index (χ0) is 17.0. The first-order chi connectivity index (χ1) is 10.6. The minimum Gasteiger partial charge on any atom is -0.399 e. The van der Waals surface area contributed by atoms with Crippen molar-refractivity contribution in [1.82, 2.24) is 14.5 Å². The highest BCUT2D eigenvalue weighted by Crippen LogP contribution is 2.36. The molecule has 0 aromatic carbocycles. The molecular formula is C14H17BBrN3O2. The van der Waals surface area contributed by atoms with Gasteiger partial charge in [0.15, 0.2) is 0 Å². The SMILES string of the molecule is [2H]c1nc(Br)c([2H])n1-c1ncccc1B1OC(C)(C)C(C)(C)O1. The van der Waals surface area contributed by atoms with Crippen LogP contribution in [0.15, 0.2) is 35.4 Å². The molecule has 3 rings (SSSR count). The summed E-state index contributed by atoms with van der Waals surface area (Å²) in [5.74, 6) is 0.416. The standard InChI is InChI=1S/C14H17BBrN3O2/c1-13(2)14(3,4)21-15(20-13)10-6-5-7-17-12(10)19-8-11(16)18-9-19/h5-9H,1-4H3/i8D,9D. The molecular weight excluding hydrogens is 333 g/mol. The van der Waals surface area contributed by atoms with Gasteiger partial charge in [0, 0.05) is 17.8 Å². The minimum atomic E-state index is -0.622. The Labute approximate surface area is 135 Å². The van der Waals surface area contributed by atoms with Crippen molar-refractivity contribution in [2.24, 2.45) is 0 Å². The van der Waals surface area contributed by atoms with Crippen LogP contribution in [0.4, 0.5) is 0 Å². The molecule has 2 aromatic heterocycles. The average molecular weight is 352 g/mol. The lowest BCUT2D eigenvalue weighted by Gasteiger charge is -2.32. The van der Waals surface area contributed by atoms with Crippen LogP contribution < -0.4 is 5.46 Å². The second-order valence-electron chi connectivity index (χ2n) is 5.95. The minimum absolute atomic E-state index is 0.0615. The van der Waals surface area contributed by atoms with Gasteiger partial charge in [0.2, 0.25) is 0 Å². The number of nitrogens with zero attached hydrogens (tertiary/aromatic N) is 3. The predicted octanol–water partition coefficient (Wildman–Crippen LogP) is 2.33. The maximum atomic E-state index is 8.09. The van der Waals surface area contributed by atoms with E-state index in [1.165, 1.54) is 4.57 Å². The molecule has 7 heteroatoms. The van der Waals surface area contributed by atoms with Gasteiger partial charge < -0.3 is 9.31 Å². The van der Waals surface area contributed by atoms with E-state index in [-0.39, 0.29) is 12.5 Å². The summed E-state index contributed by atoms with van der Waals surface area (Å²) >= 11 is 3.18. The van der Waals surface area contributed by atoms with Crippen LogP contribution in [-0.2, 0) is 9.31 Å². The summed E-state index contributed by atoms with van der Waals surface area (Å²) in [6, 6.07) is 3.61. The third kappa shape index (κ3) is 2.54. The van der Waals surface area contributed by atoms with Crippen LogP contribution in [0.5, 0.6) is 0 Å². The van der Waals surface area contributed by atoms with Gasteiger partial charge in [0.25, 0.3) is 0 Å². The number of pyridine rings is 1. The lowest BCUT2D eigenvalue weighted by molar-refractivity contribution is 0.00578. The summed E-state index contributed by atoms with van der Waals surface area (Å²) in [5, 5.41) is 0. The Morgan fingerprint density at radius 3 is 2.48 bits per heavy atom. The highest BCUT2D eigenvalue weighted by molar-refractivity contribution is 9.10. The summed E-state index contributed by atoms with van der Waals surface area (Å²) in [6.45, 7) is 7.90. The van der Waals surface area contributed by atoms with E-state index in [0.717, 1.165) is 0 Å². The first kappa shape index (κ1) is 12.4. The van der Waals surface area contributed by atoms with Gasteiger partial charge in [-0.2, -0.15) is 0 Å². The van der Waals surface area contributed by atoms with Gasteiger partial charge >= 0.3 is 7.12 Å². The van der Waals surface area contributed by atoms with Crippen molar-refractivity contribution in [3.8, 4) is 5.82 Å². The van der Waals surface area contributed by atoms with Crippen LogP contribution in [0.25, 0.3) is 5.82 Å². The molecule has 0 saturated carbocycles. The van der Waals surface area contributed by atoms with Crippen LogP contribution >= 0.6 is 15.9 Å². The number of hydrogen-bond donors (Lipinski definition) is 0. The number of aromatic nitrogens is 3. The van der Waals surface area contributed by atoms with E-state index in [1.54, 1.807) is 12.3 Å². The number of imidazole rings is 1. The van der Waals surface area contributed by atoms with E-state index in [1.807, 2.05) is 33.8 Å². The number of rotatable bonds is 2. The summed E-state index contributed by atoms with van der Waals surface area (Å²) in [6.07, 6.45) is 1.60. The van der Waals surface area contributed by atoms with Crippen molar-refractivity contribution < 1.29 is 12.1 Å². The van der Waals surface area contributed by atoms with Crippen molar-refractivity contribution in [2.45, 2.75) is 38.9 Å². The van der Waals surface area contributed by atoms with E-state index in [0.29, 0.717) is 15.9 Å². The second-order valence-corrected chi connectivity index (χ2v) is 6.71. The first-order valence-corrected chi connectivity index (χ1v) is 7.46. The van der Waals surface area contributed by atoms with Crippen molar-refractivity contribution in [1.29, 1.82) is 0 Å². The molecule has 0 aliphatic carbocycles. The second kappa shape index (κ2) is 4.93. The normalized spacial score (nSPS) is 21.3. The number of halogens is 1. The quantitative estimate of drug-likeness (QED) is 0.779. The molecule has 0 radical (unpaired) electrons. The smallest absolute Gasteiger partial charge is 0.399 e. The first-order valence-electron chi connectivity index (χ1n) is 7.66. The molecule has 1 fully saturated rings. The van der Waals surface area contributed by atoms with E-state index < -0.39 is 18.3 Å². The Kier molecular flexibility index (Phi) is 2.91. The fourth-order valence-electron chi connectivity index (χ4n) is 2.09. The molecule has 2 aromatic rings. The summed E-state index contributed by atoms with van der Waals surface area (Å²) in [5.41, 5.74) is -0.292. The largest absolute Gasteiger partial charge is 0.498 e. The van der Waals surface area contributed by atoms with E-state index in [4.69, 9.17) is 12.1 Å². The van der Waals surface area contributed by atoms with E-state index >= 15 is 0 Å². The van der Waals surface area contributed by atoms with Crippen molar-refractivity contribution in [3.63, 3.8) is 0 Å². The highest BCUT2D eigenvalue weighted by atomic mass is 79.9. The fraction of sp³-hybridized carbons (Fsp3) is 0.429. The van der Waals surface area contributed by atoms with Crippen LogP contribution in [0.2, 0.25) is 0 Å². The summed E-state index contributed by atoms with van der Waals surface area (Å²) in [7, 11) is -0.622. The van der Waals surface area contributed by atoms with E-state index in [2.05, 4.69) is 25.9 Å². The predicted molar refractivity (Wildman–Crippen MR) is 84.8 cm³/mol. The molecule has 1 saturated heterocycles. The Bertz CT molecular complexity index is 750. The van der Waals surface area contributed by atoms with Crippen molar-refractivity contribution >= 4 is 28.5 Å². The molecule has 0 N–H and O–H groups in total. The van der Waals surface area contributed by atoms with Gasteiger partial charge in [-0.1, -0.05) is 6.07 Å². The van der Waals surface area contributed by atoms with Crippen molar-refractivity contribution in [3.05, 3.63) is 35.4 Å². The Morgan fingerprint density at radius 2 is 1.90 bits per heavy atom. The van der Waals surface area contributed by atoms with Crippen LogP contribution in [0.1, 0.15) is 30.4 Å². The van der Waals surface area contributed by atoms with Crippen LogP contribution in [0, 0.1) is 0 Å². The molecule has 1 aliphatic heterocycles. The fourth-order valence-corrected chi connectivity index (χ4v) is 2.34. The maximum absolute atomic E-state index is 8.09. The molecule has 1 aliphatic rings. The molecule has 0 bridgehead atoms. The molecule has 0 unspecified atom stereocenters. The Hall–Kier alpha value is -1.18. The lowest BCUT2D eigenvalue weighted by Crippen LogP contribution is -2.41. The highest BCUT2D eigenvalue weighted by Gasteiger charge is 2.52. The van der Waals surface area contributed by atoms with Gasteiger partial charge in [-0.3, -0.25) is 4.57 Å². The molecule has 0 amide bonds. The zero-order valence-corrected chi connectivity index (χ0v) is 13.9. The van der Waals surface area contributed by atoms with Crippen LogP contribution in [-0.4, -0.2) is 32.9 Å². The molecule has 3 heterocycles. The van der Waals surface area contributed by atoms with Gasteiger partial charge in [-0.25, -0.2) is 9.97 Å². The molecule has 21 heavy (non-hydrogen) atoms. The molecule has 110 valence electrons. The topological polar surface area (TPSA) is 49.2 Å². The van der Waals surface area contributed by atoms with E-state index in [9.17, 15) is 0 Å². The summed E-state index contributed by atoms with van der Waals surface area (Å²) in [4.78, 5) is 8.28. The third-order valence-electron chi connectivity index (χ3n) is 3.99. The van der Waals surface area contributed by atoms with Crippen LogP contribution in [0.3, 0.4) is 0 Å². The van der Waals surface area contributed by atoms with Gasteiger partial charge in [-0.15, -0.1) is 0 Å². The summed E-state index contributed by atoms with van der Waals surface area (Å²) < 4.78 is 29.9. The monoisotopic (exact) mass is 351 g/mol. The zero-order valence-electron chi connectivity index (χ0n) is 14.3. The Balaban J connectivity index is 2.10. The molecule has 5 nitrogen and oxygen atoms in total. The lowest BCUT2D eigenvalue weighted by atomic mass is 9.79. The Morgan fingerprint density at radius 1 is 1.24 bits per heavy atom. The van der Waals surface area contributed by atoms with Gasteiger partial charge in [-0.05, 0) is 49.7 Å². The van der Waals surface area contributed by atoms with Crippen molar-refractivity contribution in [2.75, 3.05) is 0 Å². The third-order valence-corrected chi connectivity index (χ3v) is 4.34.